The predicted molar refractivity (Wildman–Crippen MR) is 65.9 cm³/mol. The Morgan fingerprint density at radius 1 is 1.50 bits per heavy atom. The molecule has 3 N–H and O–H groups in total. The van der Waals surface area contributed by atoms with Crippen LogP contribution in [0.5, 0.6) is 0 Å². The molecule has 1 rings (SSSR count). The number of nitrogens with two attached hydrogens (primary N) is 1. The second-order valence-electron chi connectivity index (χ2n) is 3.90. The first-order chi connectivity index (χ1) is 8.47. The summed E-state index contributed by atoms with van der Waals surface area (Å²) in [5, 5.41) is 6.60. The number of nitrogens with one attached hydrogen (secondary N) is 1. The molecule has 0 aliphatic heterocycles. The van der Waals surface area contributed by atoms with E-state index >= 15 is 0 Å². The first-order valence-corrected chi connectivity index (χ1v) is 5.70. The summed E-state index contributed by atoms with van der Waals surface area (Å²) >= 11 is 0. The molecular weight excluding hydrogens is 236 g/mol. The molecule has 0 saturated heterocycles. The zero-order valence-corrected chi connectivity index (χ0v) is 10.8. The SMILES string of the molecule is CCCNC(=O)COC(=O)c1c(N)c(C)nn1C. The molecule has 0 fully saturated rings. The number of anilines is 1. The zero-order chi connectivity index (χ0) is 13.7. The summed E-state index contributed by atoms with van der Waals surface area (Å²) in [5.74, 6) is -0.982. The maximum absolute atomic E-state index is 11.7. The predicted octanol–water partition coefficient (Wildman–Crippen LogP) is -0.00628. The fraction of sp³-hybridized carbons (Fsp3) is 0.545. The van der Waals surface area contributed by atoms with Crippen LogP contribution in [-0.2, 0) is 16.6 Å². The van der Waals surface area contributed by atoms with E-state index in [1.165, 1.54) is 4.68 Å². The van der Waals surface area contributed by atoms with E-state index in [-0.39, 0.29) is 23.9 Å². The van der Waals surface area contributed by atoms with Crippen molar-refractivity contribution in [2.75, 3.05) is 18.9 Å². The number of amides is 1. The van der Waals surface area contributed by atoms with Crippen LogP contribution in [0.1, 0.15) is 29.5 Å². The topological polar surface area (TPSA) is 99.2 Å². The number of rotatable bonds is 5. The van der Waals surface area contributed by atoms with Crippen molar-refractivity contribution in [2.45, 2.75) is 20.3 Å². The molecule has 1 aromatic rings. The Bertz CT molecular complexity index is 453. The number of nitrogen functional groups attached to an aromatic ring is 1. The average molecular weight is 254 g/mol. The van der Waals surface area contributed by atoms with Gasteiger partial charge in [0.15, 0.2) is 12.3 Å². The zero-order valence-electron chi connectivity index (χ0n) is 10.8. The van der Waals surface area contributed by atoms with E-state index in [1.54, 1.807) is 14.0 Å². The summed E-state index contributed by atoms with van der Waals surface area (Å²) in [4.78, 5) is 23.0. The highest BCUT2D eigenvalue weighted by Gasteiger charge is 2.20. The Balaban J connectivity index is 2.58. The van der Waals surface area contributed by atoms with Gasteiger partial charge in [-0.3, -0.25) is 9.48 Å². The van der Waals surface area contributed by atoms with Gasteiger partial charge in [0.2, 0.25) is 0 Å². The van der Waals surface area contributed by atoms with Gasteiger partial charge >= 0.3 is 5.97 Å². The van der Waals surface area contributed by atoms with Crippen molar-refractivity contribution in [1.29, 1.82) is 0 Å². The van der Waals surface area contributed by atoms with Crippen LogP contribution in [0.4, 0.5) is 5.69 Å². The largest absolute Gasteiger partial charge is 0.451 e. The van der Waals surface area contributed by atoms with Crippen LogP contribution in [0.3, 0.4) is 0 Å². The van der Waals surface area contributed by atoms with Gasteiger partial charge in [0.25, 0.3) is 5.91 Å². The highest BCUT2D eigenvalue weighted by Crippen LogP contribution is 2.15. The quantitative estimate of drug-likeness (QED) is 0.720. The fourth-order valence-electron chi connectivity index (χ4n) is 1.43. The molecule has 100 valence electrons. The van der Waals surface area contributed by atoms with E-state index in [9.17, 15) is 9.59 Å². The van der Waals surface area contributed by atoms with E-state index in [0.717, 1.165) is 6.42 Å². The molecule has 0 bridgehead atoms. The number of hydrogen-bond donors (Lipinski definition) is 2. The molecule has 0 aliphatic rings. The molecule has 1 aromatic heterocycles. The third kappa shape index (κ3) is 3.22. The standard InChI is InChI=1S/C11H18N4O3/c1-4-5-13-8(16)6-18-11(17)10-9(12)7(2)14-15(10)3/h4-6,12H2,1-3H3,(H,13,16). The number of hydrogen-bond acceptors (Lipinski definition) is 5. The van der Waals surface area contributed by atoms with Gasteiger partial charge in [-0.05, 0) is 13.3 Å². The summed E-state index contributed by atoms with van der Waals surface area (Å²) < 4.78 is 6.21. The van der Waals surface area contributed by atoms with Crippen molar-refractivity contribution < 1.29 is 14.3 Å². The third-order valence-electron chi connectivity index (χ3n) is 2.37. The van der Waals surface area contributed by atoms with Crippen LogP contribution in [-0.4, -0.2) is 34.8 Å². The Hall–Kier alpha value is -2.05. The maximum atomic E-state index is 11.7. The molecule has 0 unspecified atom stereocenters. The van der Waals surface area contributed by atoms with Crippen LogP contribution in [0, 0.1) is 6.92 Å². The van der Waals surface area contributed by atoms with Gasteiger partial charge in [0, 0.05) is 13.6 Å². The maximum Gasteiger partial charge on any atom is 0.359 e. The Kier molecular flexibility index (Phi) is 4.70. The lowest BCUT2D eigenvalue weighted by atomic mass is 10.3. The molecule has 0 spiro atoms. The second kappa shape index (κ2) is 6.04. The smallest absolute Gasteiger partial charge is 0.359 e. The number of esters is 1. The van der Waals surface area contributed by atoms with Gasteiger partial charge in [-0.15, -0.1) is 0 Å². The van der Waals surface area contributed by atoms with Gasteiger partial charge < -0.3 is 15.8 Å². The molecule has 0 radical (unpaired) electrons. The Morgan fingerprint density at radius 3 is 2.67 bits per heavy atom. The molecule has 0 atom stereocenters. The van der Waals surface area contributed by atoms with Gasteiger partial charge in [-0.1, -0.05) is 6.92 Å². The lowest BCUT2D eigenvalue weighted by molar-refractivity contribution is -0.124. The fourth-order valence-corrected chi connectivity index (χ4v) is 1.43. The van der Waals surface area contributed by atoms with Crippen molar-refractivity contribution in [3.8, 4) is 0 Å². The molecule has 18 heavy (non-hydrogen) atoms. The molecule has 0 aromatic carbocycles. The molecular formula is C11H18N4O3. The van der Waals surface area contributed by atoms with Crippen LogP contribution in [0.15, 0.2) is 0 Å². The van der Waals surface area contributed by atoms with Crippen molar-refractivity contribution in [3.05, 3.63) is 11.4 Å². The van der Waals surface area contributed by atoms with E-state index < -0.39 is 5.97 Å². The highest BCUT2D eigenvalue weighted by molar-refractivity contribution is 5.95. The molecule has 7 nitrogen and oxygen atoms in total. The van der Waals surface area contributed by atoms with Crippen molar-refractivity contribution in [3.63, 3.8) is 0 Å². The minimum atomic E-state index is -0.651. The number of carbonyl (C=O) groups is 2. The van der Waals surface area contributed by atoms with Gasteiger partial charge in [-0.2, -0.15) is 5.10 Å². The number of aryl methyl sites for hydroxylation is 2. The summed E-state index contributed by atoms with van der Waals surface area (Å²) in [6.45, 7) is 3.87. The van der Waals surface area contributed by atoms with Crippen LogP contribution < -0.4 is 11.1 Å². The van der Waals surface area contributed by atoms with E-state index in [1.807, 2.05) is 6.92 Å². The second-order valence-corrected chi connectivity index (χ2v) is 3.90. The summed E-state index contributed by atoms with van der Waals surface area (Å²) in [5.41, 5.74) is 6.70. The molecule has 1 heterocycles. The summed E-state index contributed by atoms with van der Waals surface area (Å²) in [7, 11) is 1.59. The van der Waals surface area contributed by atoms with Crippen LogP contribution in [0.2, 0.25) is 0 Å². The minimum absolute atomic E-state index is 0.163. The molecule has 0 saturated carbocycles. The van der Waals surface area contributed by atoms with Crippen LogP contribution >= 0.6 is 0 Å². The first kappa shape index (κ1) is 14.0. The number of aromatic nitrogens is 2. The minimum Gasteiger partial charge on any atom is -0.451 e. The lowest BCUT2D eigenvalue weighted by Gasteiger charge is -2.06. The van der Waals surface area contributed by atoms with Gasteiger partial charge in [0.05, 0.1) is 11.4 Å². The van der Waals surface area contributed by atoms with Gasteiger partial charge in [-0.25, -0.2) is 4.79 Å². The molecule has 7 heteroatoms. The number of carbonyl (C=O) groups excluding carboxylic acids is 2. The van der Waals surface area contributed by atoms with Crippen LogP contribution in [0.25, 0.3) is 0 Å². The van der Waals surface area contributed by atoms with E-state index in [2.05, 4.69) is 10.4 Å². The average Bonchev–Trinajstić information content (AvgIpc) is 2.58. The number of ether oxygens (including phenoxy) is 1. The Morgan fingerprint density at radius 2 is 2.17 bits per heavy atom. The highest BCUT2D eigenvalue weighted by atomic mass is 16.5. The third-order valence-corrected chi connectivity index (χ3v) is 2.37. The molecule has 1 amide bonds. The van der Waals surface area contributed by atoms with Crippen molar-refractivity contribution >= 4 is 17.6 Å². The van der Waals surface area contributed by atoms with Crippen molar-refractivity contribution in [2.24, 2.45) is 7.05 Å². The molecule has 0 aliphatic carbocycles. The monoisotopic (exact) mass is 254 g/mol. The van der Waals surface area contributed by atoms with Gasteiger partial charge in [0.1, 0.15) is 0 Å². The first-order valence-electron chi connectivity index (χ1n) is 5.70. The van der Waals surface area contributed by atoms with Crippen molar-refractivity contribution in [1.82, 2.24) is 15.1 Å². The Labute approximate surface area is 105 Å². The van der Waals surface area contributed by atoms with E-state index in [4.69, 9.17) is 10.5 Å². The summed E-state index contributed by atoms with van der Waals surface area (Å²) in [6.07, 6.45) is 0.827. The summed E-state index contributed by atoms with van der Waals surface area (Å²) in [6, 6.07) is 0. The van der Waals surface area contributed by atoms with E-state index in [0.29, 0.717) is 12.2 Å². The lowest BCUT2D eigenvalue weighted by Crippen LogP contribution is -2.29. The normalized spacial score (nSPS) is 10.2. The number of nitrogens with zero attached hydrogens (tertiary/aromatic N) is 2.